The maximum atomic E-state index is 2.24. The zero-order valence-corrected chi connectivity index (χ0v) is 14.8. The monoisotopic (exact) mass is 450 g/mol. The largest absolute Gasteiger partial charge is 0.102 e. The Morgan fingerprint density at radius 2 is 0.650 bits per heavy atom. The van der Waals surface area contributed by atoms with Crippen molar-refractivity contribution in [3.8, 4) is 0 Å². The van der Waals surface area contributed by atoms with Crippen LogP contribution in [0.2, 0.25) is 0 Å². The van der Waals surface area contributed by atoms with Crippen LogP contribution in [0.1, 0.15) is 0 Å². The van der Waals surface area contributed by atoms with Crippen molar-refractivity contribution in [2.45, 2.75) is 0 Å². The predicted octanol–water partition coefficient (Wildman–Crippen LogP) is 3.17. The average Bonchev–Trinajstić information content (AvgIpc) is 2.51. The van der Waals surface area contributed by atoms with Gasteiger partial charge >= 0.3 is 0 Å². The van der Waals surface area contributed by atoms with Gasteiger partial charge in [-0.25, -0.2) is 0 Å². The van der Waals surface area contributed by atoms with Crippen LogP contribution in [0.5, 0.6) is 0 Å². The van der Waals surface area contributed by atoms with E-state index in [4.69, 9.17) is 0 Å². The van der Waals surface area contributed by atoms with Gasteiger partial charge in [-0.05, 0) is 36.4 Å². The second kappa shape index (κ2) is 7.51. The summed E-state index contributed by atoms with van der Waals surface area (Å²) < 4.78 is 0. The van der Waals surface area contributed by atoms with Crippen molar-refractivity contribution in [1.82, 2.24) is 0 Å². The molecule has 0 saturated carbocycles. The van der Waals surface area contributed by atoms with Gasteiger partial charge in [0.1, 0.15) is 15.9 Å². The van der Waals surface area contributed by atoms with Gasteiger partial charge in [-0.15, -0.1) is 0 Å². The Kier molecular flexibility index (Phi) is 5.69. The van der Waals surface area contributed by atoms with Gasteiger partial charge in [0.05, 0.1) is 7.92 Å². The molecule has 99 valence electrons. The summed E-state index contributed by atoms with van der Waals surface area (Å²) in [5.41, 5.74) is 0. The van der Waals surface area contributed by atoms with Gasteiger partial charge in [-0.3, -0.25) is 0 Å². The first-order chi connectivity index (χ1) is 9.45. The van der Waals surface area contributed by atoms with Gasteiger partial charge in [0.15, 0.2) is 0 Å². The molecule has 0 aromatic heterocycles. The molecule has 0 aliphatic heterocycles. The molecule has 3 aromatic rings. The minimum atomic E-state index is -0.877. The van der Waals surface area contributed by atoms with Gasteiger partial charge in [-0.1, -0.05) is 54.6 Å². The smallest absolute Gasteiger partial charge is 0.0620 e. The molecule has 0 saturated heterocycles. The van der Waals surface area contributed by atoms with E-state index in [9.17, 15) is 0 Å². The van der Waals surface area contributed by atoms with E-state index in [0.717, 1.165) is 0 Å². The fraction of sp³-hybridized carbons (Fsp3) is 0. The summed E-state index contributed by atoms with van der Waals surface area (Å²) >= 11 is 0. The molecule has 3 rings (SSSR count). The van der Waals surface area contributed by atoms with E-state index in [2.05, 4.69) is 91.0 Å². The molecule has 0 aliphatic rings. The maximum absolute atomic E-state index is 2.24. The fourth-order valence-electron chi connectivity index (χ4n) is 2.31. The maximum Gasteiger partial charge on any atom is 0.102 e. The summed E-state index contributed by atoms with van der Waals surface area (Å²) in [5.74, 6) is 0. The van der Waals surface area contributed by atoms with Crippen LogP contribution >= 0.6 is 7.92 Å². The molecule has 0 nitrogen and oxygen atoms in total. The Balaban J connectivity index is 0.00000147. The van der Waals surface area contributed by atoms with Crippen LogP contribution < -0.4 is 15.9 Å². The van der Waals surface area contributed by atoms with Crippen LogP contribution in [0.25, 0.3) is 0 Å². The molecule has 2 heteroatoms. The van der Waals surface area contributed by atoms with E-state index in [1.165, 1.54) is 15.9 Å². The van der Waals surface area contributed by atoms with Crippen LogP contribution in [0, 0.1) is 0 Å². The molecule has 0 atom stereocenters. The molecule has 3 aromatic carbocycles. The minimum absolute atomic E-state index is 0. The van der Waals surface area contributed by atoms with Crippen molar-refractivity contribution >= 4 is 23.8 Å². The molecular formula is C18H16PRe+. The Morgan fingerprint density at radius 1 is 0.400 bits per heavy atom. The third-order valence-corrected chi connectivity index (χ3v) is 5.92. The Bertz CT molecular complexity index is 529. The van der Waals surface area contributed by atoms with Crippen LogP contribution in [0.3, 0.4) is 0 Å². The fourth-order valence-corrected chi connectivity index (χ4v) is 4.89. The zero-order chi connectivity index (χ0) is 12.9. The number of rotatable bonds is 3. The van der Waals surface area contributed by atoms with Crippen LogP contribution in [0.4, 0.5) is 0 Å². The van der Waals surface area contributed by atoms with E-state index in [0.29, 0.717) is 0 Å². The Labute approximate surface area is 135 Å². The van der Waals surface area contributed by atoms with E-state index in [1.807, 2.05) is 0 Å². The molecule has 0 amide bonds. The summed E-state index contributed by atoms with van der Waals surface area (Å²) in [7, 11) is -0.877. The van der Waals surface area contributed by atoms with Gasteiger partial charge in [0.25, 0.3) is 0 Å². The second-order valence-electron chi connectivity index (χ2n) is 4.47. The van der Waals surface area contributed by atoms with E-state index < -0.39 is 7.92 Å². The second-order valence-corrected chi connectivity index (χ2v) is 6.96. The quantitative estimate of drug-likeness (QED) is 0.539. The normalized spacial score (nSPS) is 10.1. The Morgan fingerprint density at radius 3 is 0.900 bits per heavy atom. The third-order valence-electron chi connectivity index (χ3n) is 3.19. The van der Waals surface area contributed by atoms with Gasteiger partial charge in [0, 0.05) is 20.4 Å². The molecule has 0 spiro atoms. The molecule has 0 bridgehead atoms. The topological polar surface area (TPSA) is 0 Å². The first kappa shape index (κ1) is 15.1. The predicted molar refractivity (Wildman–Crippen MR) is 86.5 cm³/mol. The third kappa shape index (κ3) is 3.44. The molecular weight excluding hydrogens is 433 g/mol. The van der Waals surface area contributed by atoms with Gasteiger partial charge in [0.2, 0.25) is 0 Å². The van der Waals surface area contributed by atoms with Crippen molar-refractivity contribution in [3.05, 3.63) is 91.0 Å². The molecule has 0 N–H and O–H groups in total. The van der Waals surface area contributed by atoms with Crippen molar-refractivity contribution in [1.29, 1.82) is 0 Å². The van der Waals surface area contributed by atoms with Gasteiger partial charge in [-0.2, -0.15) is 0 Å². The van der Waals surface area contributed by atoms with E-state index in [-0.39, 0.29) is 20.4 Å². The molecule has 20 heavy (non-hydrogen) atoms. The van der Waals surface area contributed by atoms with E-state index >= 15 is 0 Å². The standard InChI is InChI=1S/C18H15P.Re/c1-4-10-16(11-5-1)19(17-12-6-2-7-13-17)18-14-8-3-9-15-18;/h1-15H;/p+1. The molecule has 1 radical (unpaired) electrons. The summed E-state index contributed by atoms with van der Waals surface area (Å²) in [6.45, 7) is 0. The molecule has 0 unspecified atom stereocenters. The molecule has 0 fully saturated rings. The molecule has 0 heterocycles. The Hall–Kier alpha value is -1.25. The number of hydrogen-bond acceptors (Lipinski definition) is 0. The summed E-state index contributed by atoms with van der Waals surface area (Å²) in [6, 6.07) is 32.5. The van der Waals surface area contributed by atoms with Crippen LogP contribution in [0.15, 0.2) is 91.0 Å². The number of benzene rings is 3. The average molecular weight is 450 g/mol. The van der Waals surface area contributed by atoms with Crippen LogP contribution in [-0.2, 0) is 20.4 Å². The van der Waals surface area contributed by atoms with Crippen molar-refractivity contribution in [3.63, 3.8) is 0 Å². The number of hydrogen-bond donors (Lipinski definition) is 0. The first-order valence-electron chi connectivity index (χ1n) is 6.48. The molecule has 0 aliphatic carbocycles. The van der Waals surface area contributed by atoms with E-state index in [1.54, 1.807) is 0 Å². The summed E-state index contributed by atoms with van der Waals surface area (Å²) in [6.07, 6.45) is 0. The summed E-state index contributed by atoms with van der Waals surface area (Å²) in [4.78, 5) is 0. The van der Waals surface area contributed by atoms with Crippen molar-refractivity contribution in [2.75, 3.05) is 0 Å². The first-order valence-corrected chi connectivity index (χ1v) is 7.98. The van der Waals surface area contributed by atoms with Crippen molar-refractivity contribution in [2.24, 2.45) is 0 Å². The zero-order valence-electron chi connectivity index (χ0n) is 11.0. The van der Waals surface area contributed by atoms with Gasteiger partial charge < -0.3 is 0 Å². The van der Waals surface area contributed by atoms with Crippen LogP contribution in [-0.4, -0.2) is 0 Å². The SMILES string of the molecule is [Re].c1ccc([PH+](c2ccccc2)c2ccccc2)cc1. The van der Waals surface area contributed by atoms with Crippen molar-refractivity contribution < 1.29 is 20.4 Å². The minimum Gasteiger partial charge on any atom is -0.0620 e. The summed E-state index contributed by atoms with van der Waals surface area (Å²) in [5, 5.41) is 4.31.